The zero-order valence-corrected chi connectivity index (χ0v) is 22.9. The van der Waals surface area contributed by atoms with Crippen molar-refractivity contribution in [1.82, 2.24) is 4.57 Å². The maximum atomic E-state index is 13.6. The maximum Gasteiger partial charge on any atom is 0.338 e. The van der Waals surface area contributed by atoms with Crippen molar-refractivity contribution in [3.05, 3.63) is 124 Å². The Labute approximate surface area is 236 Å². The van der Waals surface area contributed by atoms with Gasteiger partial charge in [-0.25, -0.2) is 9.79 Å². The molecule has 0 N–H and O–H groups in total. The number of hydrogen-bond donors (Lipinski definition) is 0. The van der Waals surface area contributed by atoms with Gasteiger partial charge in [-0.15, -0.1) is 0 Å². The molecule has 4 aromatic rings. The second kappa shape index (κ2) is 11.3. The lowest BCUT2D eigenvalue weighted by atomic mass is 9.96. The normalized spacial score (nSPS) is 15.0. The number of halogens is 1. The minimum Gasteiger partial charge on any atom is -0.479 e. The van der Waals surface area contributed by atoms with Crippen LogP contribution in [-0.2, 0) is 16.1 Å². The molecule has 0 saturated heterocycles. The average Bonchev–Trinajstić information content (AvgIpc) is 3.51. The second-order valence-electron chi connectivity index (χ2n) is 8.67. The lowest BCUT2D eigenvalue weighted by Crippen LogP contribution is -2.39. The maximum absolute atomic E-state index is 13.6. The van der Waals surface area contributed by atoms with E-state index in [1.165, 1.54) is 34.1 Å². The van der Waals surface area contributed by atoms with Gasteiger partial charge in [0.2, 0.25) is 0 Å². The van der Waals surface area contributed by atoms with Crippen LogP contribution >= 0.6 is 22.9 Å². The van der Waals surface area contributed by atoms with Crippen molar-refractivity contribution < 1.29 is 23.6 Å². The highest BCUT2D eigenvalue weighted by Gasteiger charge is 2.33. The number of ether oxygens (including phenoxy) is 2. The molecule has 10 nitrogen and oxygen atoms in total. The highest BCUT2D eigenvalue weighted by atomic mass is 35.5. The number of benzene rings is 2. The van der Waals surface area contributed by atoms with Gasteiger partial charge in [0.15, 0.2) is 10.6 Å². The predicted molar refractivity (Wildman–Crippen MR) is 148 cm³/mol. The van der Waals surface area contributed by atoms with Crippen molar-refractivity contribution in [2.24, 2.45) is 4.99 Å². The Morgan fingerprint density at radius 1 is 1.23 bits per heavy atom. The fraction of sp³-hybridized carbons (Fsp3) is 0.179. The van der Waals surface area contributed by atoms with Gasteiger partial charge in [0, 0.05) is 17.2 Å². The van der Waals surface area contributed by atoms with Gasteiger partial charge in [0.05, 0.1) is 33.4 Å². The number of rotatable bonds is 8. The third kappa shape index (κ3) is 5.33. The summed E-state index contributed by atoms with van der Waals surface area (Å²) in [4.78, 5) is 42.3. The first-order chi connectivity index (χ1) is 19.3. The van der Waals surface area contributed by atoms with Crippen LogP contribution in [0.5, 0.6) is 5.75 Å². The van der Waals surface area contributed by atoms with Crippen molar-refractivity contribution in [1.29, 1.82) is 0 Å². The molecule has 40 heavy (non-hydrogen) atoms. The molecule has 204 valence electrons. The van der Waals surface area contributed by atoms with Gasteiger partial charge >= 0.3 is 11.7 Å². The first kappa shape index (κ1) is 27.1. The third-order valence-electron chi connectivity index (χ3n) is 6.08. The SMILES string of the molecule is CCOC(=O)C1=C(C)N=c2s/c(=C/c3ccc(COc4ccc(Cl)cc4[N+](=O)[O-])o3)c(=O)n2C1c1ccccc1. The molecule has 2 aromatic carbocycles. The molecule has 12 heteroatoms. The Kier molecular flexibility index (Phi) is 7.67. The zero-order valence-electron chi connectivity index (χ0n) is 21.3. The van der Waals surface area contributed by atoms with Crippen LogP contribution < -0.4 is 19.6 Å². The van der Waals surface area contributed by atoms with Crippen LogP contribution in [0.2, 0.25) is 5.02 Å². The molecular formula is C28H22ClN3O7S. The third-order valence-corrected chi connectivity index (χ3v) is 7.29. The summed E-state index contributed by atoms with van der Waals surface area (Å²) in [7, 11) is 0. The van der Waals surface area contributed by atoms with E-state index < -0.39 is 16.9 Å². The number of allylic oxidation sites excluding steroid dienone is 1. The molecule has 2 aromatic heterocycles. The minimum atomic E-state index is -0.700. The van der Waals surface area contributed by atoms with E-state index in [0.717, 1.165) is 5.56 Å². The van der Waals surface area contributed by atoms with Crippen LogP contribution in [0.3, 0.4) is 0 Å². The fourth-order valence-corrected chi connectivity index (χ4v) is 5.52. The Bertz CT molecular complexity index is 1820. The number of carbonyl (C=O) groups is 1. The van der Waals surface area contributed by atoms with Gasteiger partial charge in [-0.2, -0.15) is 0 Å². The standard InChI is InChI=1S/C28H22ClN3O7S/c1-3-37-27(34)24-16(2)30-28-31(25(24)17-7-5-4-6-8-17)26(33)23(40-28)14-19-10-11-20(39-19)15-38-22-12-9-18(29)13-21(22)32(35)36/h4-14,25H,3,15H2,1-2H3/b23-14+. The largest absolute Gasteiger partial charge is 0.479 e. The molecule has 0 aliphatic carbocycles. The number of fused-ring (bicyclic) bond motifs is 1. The number of esters is 1. The average molecular weight is 580 g/mol. The van der Waals surface area contributed by atoms with Crippen molar-refractivity contribution >= 4 is 40.7 Å². The summed E-state index contributed by atoms with van der Waals surface area (Å²) in [6, 6.07) is 16.0. The summed E-state index contributed by atoms with van der Waals surface area (Å²) in [6.07, 6.45) is 1.59. The topological polar surface area (TPSA) is 126 Å². The number of carbonyl (C=O) groups excluding carboxylic acids is 1. The summed E-state index contributed by atoms with van der Waals surface area (Å²) in [5.74, 6) is 0.302. The van der Waals surface area contributed by atoms with Crippen LogP contribution in [0.1, 0.15) is 37.0 Å². The number of aromatic nitrogens is 1. The second-order valence-corrected chi connectivity index (χ2v) is 10.1. The van der Waals surface area contributed by atoms with Gasteiger partial charge < -0.3 is 13.9 Å². The minimum absolute atomic E-state index is 0.0503. The van der Waals surface area contributed by atoms with E-state index in [-0.39, 0.29) is 35.2 Å². The van der Waals surface area contributed by atoms with Crippen LogP contribution in [0.15, 0.2) is 86.1 Å². The summed E-state index contributed by atoms with van der Waals surface area (Å²) in [5, 5.41) is 11.5. The van der Waals surface area contributed by atoms with E-state index in [0.29, 0.717) is 32.1 Å². The number of nitrogens with zero attached hydrogens (tertiary/aromatic N) is 3. The molecule has 1 unspecified atom stereocenters. The lowest BCUT2D eigenvalue weighted by molar-refractivity contribution is -0.385. The molecule has 0 bridgehead atoms. The molecule has 0 fully saturated rings. The van der Waals surface area contributed by atoms with Crippen LogP contribution in [0, 0.1) is 10.1 Å². The molecule has 1 atom stereocenters. The van der Waals surface area contributed by atoms with Crippen molar-refractivity contribution in [2.75, 3.05) is 6.61 Å². The quantitative estimate of drug-likeness (QED) is 0.170. The van der Waals surface area contributed by atoms with E-state index in [1.54, 1.807) is 32.1 Å². The van der Waals surface area contributed by atoms with E-state index in [2.05, 4.69) is 4.99 Å². The Balaban J connectivity index is 1.48. The van der Waals surface area contributed by atoms with Crippen LogP contribution in [-0.4, -0.2) is 22.1 Å². The van der Waals surface area contributed by atoms with E-state index in [9.17, 15) is 19.7 Å². The van der Waals surface area contributed by atoms with Gasteiger partial charge in [0.25, 0.3) is 5.56 Å². The van der Waals surface area contributed by atoms with E-state index >= 15 is 0 Å². The number of thiazole rings is 1. The Morgan fingerprint density at radius 3 is 2.73 bits per heavy atom. The molecule has 1 aliphatic rings. The number of hydrogen-bond acceptors (Lipinski definition) is 9. The van der Waals surface area contributed by atoms with Crippen molar-refractivity contribution in [2.45, 2.75) is 26.5 Å². The zero-order chi connectivity index (χ0) is 28.4. The highest BCUT2D eigenvalue weighted by Crippen LogP contribution is 2.31. The molecule has 0 spiro atoms. The summed E-state index contributed by atoms with van der Waals surface area (Å²) < 4.78 is 18.5. The molecule has 3 heterocycles. The van der Waals surface area contributed by atoms with Gasteiger partial charge in [-0.05, 0) is 43.7 Å². The van der Waals surface area contributed by atoms with Crippen molar-refractivity contribution in [3.8, 4) is 5.75 Å². The highest BCUT2D eigenvalue weighted by molar-refractivity contribution is 7.07. The van der Waals surface area contributed by atoms with E-state index in [4.69, 9.17) is 25.5 Å². The lowest BCUT2D eigenvalue weighted by Gasteiger charge is -2.24. The number of nitro groups is 1. The first-order valence-electron chi connectivity index (χ1n) is 12.2. The molecular weight excluding hydrogens is 558 g/mol. The molecule has 0 saturated carbocycles. The smallest absolute Gasteiger partial charge is 0.338 e. The van der Waals surface area contributed by atoms with Crippen LogP contribution in [0.25, 0.3) is 6.08 Å². The van der Waals surface area contributed by atoms with Gasteiger partial charge in [0.1, 0.15) is 18.1 Å². The molecule has 5 rings (SSSR count). The van der Waals surface area contributed by atoms with Gasteiger partial charge in [-0.1, -0.05) is 53.3 Å². The van der Waals surface area contributed by atoms with Gasteiger partial charge in [-0.3, -0.25) is 19.5 Å². The van der Waals surface area contributed by atoms with Crippen molar-refractivity contribution in [3.63, 3.8) is 0 Å². The first-order valence-corrected chi connectivity index (χ1v) is 13.4. The summed E-state index contributed by atoms with van der Waals surface area (Å²) >= 11 is 7.03. The molecule has 1 aliphatic heterocycles. The van der Waals surface area contributed by atoms with Crippen LogP contribution in [0.4, 0.5) is 5.69 Å². The summed E-state index contributed by atoms with van der Waals surface area (Å²) in [5.41, 5.74) is 0.944. The fourth-order valence-electron chi connectivity index (χ4n) is 4.33. The monoisotopic (exact) mass is 579 g/mol. The number of nitro benzene ring substituents is 1. The number of furan rings is 1. The predicted octanol–water partition coefficient (Wildman–Crippen LogP) is 4.53. The molecule has 0 amide bonds. The Hall–Kier alpha value is -4.48. The van der Waals surface area contributed by atoms with E-state index in [1.807, 2.05) is 30.3 Å². The summed E-state index contributed by atoms with van der Waals surface area (Å²) in [6.45, 7) is 3.56. The molecule has 0 radical (unpaired) electrons. The Morgan fingerprint density at radius 2 is 2.00 bits per heavy atom.